The number of rotatable bonds is 31. The van der Waals surface area contributed by atoms with Gasteiger partial charge in [-0.2, -0.15) is 38.3 Å². The Bertz CT molecular complexity index is 4400. The molecule has 104 heavy (non-hydrogen) atoms. The highest BCUT2D eigenvalue weighted by atomic mass is 32.2. The van der Waals surface area contributed by atoms with Crippen LogP contribution < -0.4 is 66.5 Å². The lowest BCUT2D eigenvalue weighted by Gasteiger charge is -2.14. The number of nitrogens with zero attached hydrogens (tertiary/aromatic N) is 7. The van der Waals surface area contributed by atoms with Crippen LogP contribution in [0.15, 0.2) is 160 Å². The largest absolute Gasteiger partial charge is 0.475 e. The maximum absolute atomic E-state index is 12.7. The van der Waals surface area contributed by atoms with Crippen LogP contribution in [0.2, 0.25) is 0 Å². The SMILES string of the molecule is CCOCCOS(=O)(=O)c1ccc(C)cc1.CP(C)(=O)COCCOc1nc(N)nc(N)c1Cc1ccccc1.CP(C)(=O)COCCn1c(N)nc(N)c(Cc2ccccc2)c1=O.Nc1nc(N)c(Cc2ccccc2)c(=O)[nH]1.Nc1nc(N)c(Cc2ccccc2)c(OCCOCP(=O)(O)O)n1. The number of hydrogen-bond donors (Lipinski definition) is 11. The predicted molar refractivity (Wildman–Crippen MR) is 405 cm³/mol. The first-order valence-electron chi connectivity index (χ1n) is 32.1. The molecule has 0 spiro atoms. The Kier molecular flexibility index (Phi) is 34.5. The molecule has 0 aliphatic rings. The zero-order chi connectivity index (χ0) is 76.5. The summed E-state index contributed by atoms with van der Waals surface area (Å²) in [4.78, 5) is 68.3. The van der Waals surface area contributed by atoms with Crippen LogP contribution in [0, 0.1) is 6.92 Å². The van der Waals surface area contributed by atoms with Crippen molar-refractivity contribution in [2.45, 2.75) is 51.0 Å². The van der Waals surface area contributed by atoms with Crippen LogP contribution in [0.4, 0.5) is 47.1 Å². The Labute approximate surface area is 603 Å². The van der Waals surface area contributed by atoms with Crippen LogP contribution in [0.5, 0.6) is 11.8 Å². The smallest absolute Gasteiger partial charge is 0.350 e. The first-order valence-corrected chi connectivity index (χ1v) is 40.9. The van der Waals surface area contributed by atoms with E-state index in [9.17, 15) is 31.7 Å². The van der Waals surface area contributed by atoms with Gasteiger partial charge >= 0.3 is 7.60 Å². The van der Waals surface area contributed by atoms with Crippen molar-refractivity contribution in [1.82, 2.24) is 39.5 Å². The molecule has 9 aromatic rings. The van der Waals surface area contributed by atoms with E-state index in [4.69, 9.17) is 88.3 Å². The molecule has 0 saturated carbocycles. The number of aromatic nitrogens is 8. The van der Waals surface area contributed by atoms with Gasteiger partial charge in [0.25, 0.3) is 21.2 Å². The van der Waals surface area contributed by atoms with Crippen LogP contribution in [0.1, 0.15) is 57.0 Å². The van der Waals surface area contributed by atoms with E-state index >= 15 is 0 Å². The Morgan fingerprint density at radius 1 is 0.462 bits per heavy atom. The molecule has 5 aromatic carbocycles. The normalized spacial score (nSPS) is 11.3. The van der Waals surface area contributed by atoms with Crippen molar-refractivity contribution in [2.24, 2.45) is 0 Å². The summed E-state index contributed by atoms with van der Waals surface area (Å²) in [6.07, 6.45) is 1.57. The summed E-state index contributed by atoms with van der Waals surface area (Å²) in [5.41, 5.74) is 52.5. The molecule has 4 heterocycles. The van der Waals surface area contributed by atoms with Crippen molar-refractivity contribution in [3.05, 3.63) is 216 Å². The van der Waals surface area contributed by atoms with Gasteiger partial charge in [0.15, 0.2) is 0 Å². The van der Waals surface area contributed by atoms with Gasteiger partial charge in [0.2, 0.25) is 35.6 Å². The van der Waals surface area contributed by atoms with Gasteiger partial charge in [-0.05, 0) is 74.9 Å². The zero-order valence-corrected chi connectivity index (χ0v) is 62.3. The van der Waals surface area contributed by atoms with Gasteiger partial charge in [-0.15, -0.1) is 0 Å². The summed E-state index contributed by atoms with van der Waals surface area (Å²) >= 11 is 0. The number of benzene rings is 5. The molecule has 0 bridgehead atoms. The monoisotopic (exact) mass is 1510 g/mol. The minimum Gasteiger partial charge on any atom is -0.475 e. The van der Waals surface area contributed by atoms with Gasteiger partial charge in [0.1, 0.15) is 57.1 Å². The van der Waals surface area contributed by atoms with Gasteiger partial charge in [-0.25, -0.2) is 0 Å². The Balaban J connectivity index is 0.000000236. The molecule has 0 fully saturated rings. The molecule has 0 unspecified atom stereocenters. The van der Waals surface area contributed by atoms with Crippen LogP contribution in [-0.2, 0) is 79.2 Å². The van der Waals surface area contributed by atoms with Gasteiger partial charge in [0.05, 0.1) is 79.4 Å². The summed E-state index contributed by atoms with van der Waals surface area (Å²) in [5.74, 6) is 1.56. The molecule has 0 aliphatic heterocycles. The Morgan fingerprint density at radius 3 is 1.26 bits per heavy atom. The van der Waals surface area contributed by atoms with E-state index < -0.39 is 38.3 Å². The minimum atomic E-state index is -4.19. The molecule has 32 nitrogen and oxygen atoms in total. The highest BCUT2D eigenvalue weighted by molar-refractivity contribution is 7.86. The second kappa shape index (κ2) is 42.2. The number of H-pyrrole nitrogens is 1. The summed E-state index contributed by atoms with van der Waals surface area (Å²) in [6, 6.07) is 45.1. The molecule has 562 valence electrons. The number of aryl methyl sites for hydroxylation is 1. The van der Waals surface area contributed by atoms with E-state index in [0.717, 1.165) is 27.8 Å². The quantitative estimate of drug-likeness (QED) is 0.0120. The average molecular weight is 1520 g/mol. The molecule has 19 N–H and O–H groups in total. The molecule has 9 rings (SSSR count). The average Bonchev–Trinajstić information content (AvgIpc) is 0.868. The number of nitrogens with two attached hydrogens (primary N) is 8. The van der Waals surface area contributed by atoms with E-state index in [1.54, 1.807) is 38.8 Å². The van der Waals surface area contributed by atoms with E-state index in [1.807, 2.05) is 135 Å². The van der Waals surface area contributed by atoms with Crippen molar-refractivity contribution in [3.8, 4) is 11.8 Å². The number of ether oxygens (including phenoxy) is 6. The lowest BCUT2D eigenvalue weighted by molar-refractivity contribution is 0.112. The minimum absolute atomic E-state index is 0.0142. The molecule has 36 heteroatoms. The van der Waals surface area contributed by atoms with Crippen molar-refractivity contribution >= 4 is 79.1 Å². The molecule has 0 saturated heterocycles. The van der Waals surface area contributed by atoms with Gasteiger partial charge in [-0.3, -0.25) is 27.9 Å². The molecular formula is C68H93N16O16P3S. The molecule has 0 atom stereocenters. The van der Waals surface area contributed by atoms with Gasteiger partial charge in [-0.1, -0.05) is 139 Å². The number of nitrogens with one attached hydrogen (secondary N) is 1. The number of anilines is 8. The van der Waals surface area contributed by atoms with Crippen molar-refractivity contribution in [1.29, 1.82) is 0 Å². The van der Waals surface area contributed by atoms with Gasteiger partial charge in [0, 0.05) is 32.3 Å². The number of hydrogen-bond acceptors (Lipinski definition) is 28. The third kappa shape index (κ3) is 32.0. The summed E-state index contributed by atoms with van der Waals surface area (Å²) in [6.45, 7) is 12.3. The van der Waals surface area contributed by atoms with Crippen molar-refractivity contribution < 1.29 is 64.5 Å². The van der Waals surface area contributed by atoms with Crippen molar-refractivity contribution in [3.63, 3.8) is 0 Å². The lowest BCUT2D eigenvalue weighted by Crippen LogP contribution is -2.30. The van der Waals surface area contributed by atoms with Crippen LogP contribution in [0.25, 0.3) is 0 Å². The molecule has 0 amide bonds. The maximum atomic E-state index is 12.7. The topological polar surface area (TPSA) is 531 Å². The van der Waals surface area contributed by atoms with E-state index in [2.05, 4.69) is 34.9 Å². The maximum Gasteiger partial charge on any atom is 0.350 e. The fraction of sp³-hybridized carbons (Fsp3) is 0.324. The number of nitrogen functional groups attached to an aromatic ring is 8. The fourth-order valence-corrected chi connectivity index (χ4v) is 11.3. The highest BCUT2D eigenvalue weighted by Crippen LogP contribution is 2.36. The molecule has 0 radical (unpaired) electrons. The van der Waals surface area contributed by atoms with Crippen molar-refractivity contribution in [2.75, 3.05) is 144 Å². The van der Waals surface area contributed by atoms with E-state index in [0.29, 0.717) is 72.8 Å². The van der Waals surface area contributed by atoms with Gasteiger partial charge < -0.3 is 93.2 Å². The molecule has 0 aliphatic carbocycles. The van der Waals surface area contributed by atoms with E-state index in [-0.39, 0.29) is 122 Å². The third-order valence-corrected chi connectivity index (χ3v) is 17.2. The standard InChI is InChI=1S/2C16H23N4O3P.C14H19N4O5P.C11H12N4O.C11H16O4S/c1-24(2,21)11-22-8-9-23-15-13(14(17)19-16(18)20-15)10-12-6-4-3-5-7-12;1-24(2,22)11-23-9-8-20-15(21)13(14(17)19-16(20)18)10-12-6-4-3-5-7-12;15-12-11(8-10-4-2-1-3-5-10)13(18-14(16)17-12)23-7-6-22-9-24(19,20)21;12-9-8(10(16)15-11(13)14-9)6-7-4-2-1-3-5-7;1-3-14-8-9-15-16(12,13)11-6-4-10(2)5-7-11/h3-7H,8-11H2,1-2H3,(H4,17,18,19,20);3-7H,8-11,17H2,1-2H3,(H2,18,19);1-5H,6-9H2,(H2,19,20,21)(H4,15,16,17,18);1-5H,6H2,(H5,12,13,14,15,16);4-7H,3,8-9H2,1-2H3. The predicted octanol–water partition coefficient (Wildman–Crippen LogP) is 6.83. The van der Waals surface area contributed by atoms with E-state index in [1.165, 1.54) is 16.7 Å². The first kappa shape index (κ1) is 85.0. The zero-order valence-electron chi connectivity index (χ0n) is 58.8. The second-order valence-corrected chi connectivity index (χ2v) is 33.7. The molecule has 4 aromatic heterocycles. The number of aromatic amines is 1. The Morgan fingerprint density at radius 2 is 0.846 bits per heavy atom. The summed E-state index contributed by atoms with van der Waals surface area (Å²) < 4.78 is 95.0. The summed E-state index contributed by atoms with van der Waals surface area (Å²) in [5, 5.41) is 0. The third-order valence-electron chi connectivity index (χ3n) is 13.8. The lowest BCUT2D eigenvalue weighted by atomic mass is 10.1. The molecular weight excluding hydrogens is 1420 g/mol. The fourth-order valence-electron chi connectivity index (χ4n) is 8.90. The highest BCUT2D eigenvalue weighted by Gasteiger charge is 2.20. The van der Waals surface area contributed by atoms with Crippen LogP contribution in [-0.4, -0.2) is 156 Å². The van der Waals surface area contributed by atoms with Crippen LogP contribution in [0.3, 0.4) is 0 Å². The first-order chi connectivity index (χ1) is 49.2. The Hall–Kier alpha value is -9.62. The van der Waals surface area contributed by atoms with Crippen LogP contribution >= 0.6 is 21.9 Å². The summed E-state index contributed by atoms with van der Waals surface area (Å²) in [7, 11) is -12.3. The second-order valence-electron chi connectivity index (χ2n) is 23.7.